The standard InChI is InChI=1S/C10H8BrFN4S/c1-17-10-15-8(14-9(13)16-10)6-3-2-5(11)4-7(6)12/h2-4H,1H3,(H2,13,14,15,16). The van der Waals surface area contributed by atoms with Gasteiger partial charge in [-0.3, -0.25) is 0 Å². The monoisotopic (exact) mass is 314 g/mol. The highest BCUT2D eigenvalue weighted by molar-refractivity contribution is 9.10. The Morgan fingerprint density at radius 1 is 1.29 bits per heavy atom. The SMILES string of the molecule is CSc1nc(N)nc(-c2ccc(Br)cc2F)n1. The molecule has 4 nitrogen and oxygen atoms in total. The maximum Gasteiger partial charge on any atom is 0.224 e. The fraction of sp³-hybridized carbons (Fsp3) is 0.100. The number of nitrogen functional groups attached to an aromatic ring is 1. The van der Waals surface area contributed by atoms with Crippen LogP contribution in [0.5, 0.6) is 0 Å². The topological polar surface area (TPSA) is 64.7 Å². The quantitative estimate of drug-likeness (QED) is 0.863. The number of benzene rings is 1. The molecule has 1 aromatic carbocycles. The molecule has 0 radical (unpaired) electrons. The Hall–Kier alpha value is -1.21. The molecule has 88 valence electrons. The maximum atomic E-state index is 13.7. The minimum absolute atomic E-state index is 0.0849. The summed E-state index contributed by atoms with van der Waals surface area (Å²) < 4.78 is 14.4. The summed E-state index contributed by atoms with van der Waals surface area (Å²) in [4.78, 5) is 12.0. The smallest absolute Gasteiger partial charge is 0.224 e. The molecule has 0 amide bonds. The zero-order chi connectivity index (χ0) is 12.4. The van der Waals surface area contributed by atoms with Gasteiger partial charge in [0, 0.05) is 4.47 Å². The molecule has 1 aromatic heterocycles. The lowest BCUT2D eigenvalue weighted by molar-refractivity contribution is 0.628. The van der Waals surface area contributed by atoms with Gasteiger partial charge in [0.1, 0.15) is 5.82 Å². The molecule has 0 fully saturated rings. The fourth-order valence-corrected chi connectivity index (χ4v) is 1.95. The third kappa shape index (κ3) is 2.73. The van der Waals surface area contributed by atoms with Crippen LogP contribution in [-0.4, -0.2) is 21.2 Å². The Labute approximate surface area is 110 Å². The summed E-state index contributed by atoms with van der Waals surface area (Å²) in [5, 5.41) is 0.467. The second-order valence-electron chi connectivity index (χ2n) is 3.13. The molecule has 0 bridgehead atoms. The van der Waals surface area contributed by atoms with Crippen LogP contribution in [-0.2, 0) is 0 Å². The molecule has 0 unspecified atom stereocenters. The zero-order valence-corrected chi connectivity index (χ0v) is 11.2. The van der Waals surface area contributed by atoms with E-state index in [1.54, 1.807) is 12.1 Å². The first-order valence-corrected chi connectivity index (χ1v) is 6.63. The summed E-state index contributed by atoms with van der Waals surface area (Å²) >= 11 is 4.52. The normalized spacial score (nSPS) is 10.5. The molecule has 0 saturated heterocycles. The van der Waals surface area contributed by atoms with E-state index in [-0.39, 0.29) is 11.8 Å². The highest BCUT2D eigenvalue weighted by Gasteiger charge is 2.11. The van der Waals surface area contributed by atoms with E-state index < -0.39 is 5.82 Å². The molecule has 0 saturated carbocycles. The summed E-state index contributed by atoms with van der Waals surface area (Å²) in [7, 11) is 0. The van der Waals surface area contributed by atoms with Gasteiger partial charge in [-0.1, -0.05) is 27.7 Å². The van der Waals surface area contributed by atoms with Gasteiger partial charge in [-0.05, 0) is 24.5 Å². The minimum Gasteiger partial charge on any atom is -0.368 e. The Morgan fingerprint density at radius 2 is 2.06 bits per heavy atom. The van der Waals surface area contributed by atoms with Crippen molar-refractivity contribution in [2.24, 2.45) is 0 Å². The number of rotatable bonds is 2. The van der Waals surface area contributed by atoms with Crippen molar-refractivity contribution in [3.05, 3.63) is 28.5 Å². The van der Waals surface area contributed by atoms with Gasteiger partial charge in [-0.2, -0.15) is 9.97 Å². The molecule has 17 heavy (non-hydrogen) atoms. The molecule has 1 heterocycles. The molecular weight excluding hydrogens is 307 g/mol. The molecule has 0 atom stereocenters. The van der Waals surface area contributed by atoms with Crippen LogP contribution in [0.4, 0.5) is 10.3 Å². The third-order valence-electron chi connectivity index (χ3n) is 1.99. The van der Waals surface area contributed by atoms with Crippen LogP contribution in [0.3, 0.4) is 0 Å². The number of hydrogen-bond donors (Lipinski definition) is 1. The van der Waals surface area contributed by atoms with Crippen LogP contribution in [0, 0.1) is 5.82 Å². The average molecular weight is 315 g/mol. The molecule has 7 heteroatoms. The van der Waals surface area contributed by atoms with Crippen LogP contribution in [0.15, 0.2) is 27.8 Å². The lowest BCUT2D eigenvalue weighted by Crippen LogP contribution is -2.02. The number of anilines is 1. The van der Waals surface area contributed by atoms with Crippen LogP contribution in [0.2, 0.25) is 0 Å². The minimum atomic E-state index is -0.406. The third-order valence-corrected chi connectivity index (χ3v) is 3.03. The lowest BCUT2D eigenvalue weighted by Gasteiger charge is -2.04. The van der Waals surface area contributed by atoms with Crippen molar-refractivity contribution in [2.45, 2.75) is 5.16 Å². The number of hydrogen-bond acceptors (Lipinski definition) is 5. The van der Waals surface area contributed by atoms with Gasteiger partial charge in [-0.25, -0.2) is 9.37 Å². The second kappa shape index (κ2) is 4.97. The molecule has 0 aliphatic carbocycles. The molecule has 0 aliphatic heterocycles. The molecule has 2 N–H and O–H groups in total. The summed E-state index contributed by atoms with van der Waals surface area (Å²) in [5.74, 6) is -0.0782. The number of thioether (sulfide) groups is 1. The molecular formula is C10H8BrFN4S. The molecule has 0 spiro atoms. The predicted molar refractivity (Wildman–Crippen MR) is 69.1 cm³/mol. The van der Waals surface area contributed by atoms with Crippen molar-refractivity contribution in [3.8, 4) is 11.4 Å². The van der Waals surface area contributed by atoms with Crippen molar-refractivity contribution in [2.75, 3.05) is 12.0 Å². The summed E-state index contributed by atoms with van der Waals surface area (Å²) in [6, 6.07) is 4.67. The van der Waals surface area contributed by atoms with E-state index in [1.807, 2.05) is 6.26 Å². The van der Waals surface area contributed by atoms with Crippen molar-refractivity contribution < 1.29 is 4.39 Å². The van der Waals surface area contributed by atoms with E-state index in [1.165, 1.54) is 17.8 Å². The number of nitrogens with zero attached hydrogens (tertiary/aromatic N) is 3. The summed E-state index contributed by atoms with van der Waals surface area (Å²) in [6.45, 7) is 0. The predicted octanol–water partition coefficient (Wildman–Crippen LogP) is 2.74. The zero-order valence-electron chi connectivity index (χ0n) is 8.82. The van der Waals surface area contributed by atoms with Gasteiger partial charge in [0.05, 0.1) is 5.56 Å². The second-order valence-corrected chi connectivity index (χ2v) is 4.82. The Morgan fingerprint density at radius 3 is 2.71 bits per heavy atom. The van der Waals surface area contributed by atoms with Crippen molar-refractivity contribution in [1.29, 1.82) is 0 Å². The molecule has 0 aliphatic rings. The van der Waals surface area contributed by atoms with Gasteiger partial charge in [0.2, 0.25) is 5.95 Å². The van der Waals surface area contributed by atoms with E-state index in [0.717, 1.165) is 0 Å². The van der Waals surface area contributed by atoms with Gasteiger partial charge >= 0.3 is 0 Å². The fourth-order valence-electron chi connectivity index (χ4n) is 1.25. The molecule has 2 aromatic rings. The number of aromatic nitrogens is 3. The van der Waals surface area contributed by atoms with Gasteiger partial charge in [0.15, 0.2) is 11.0 Å². The Bertz CT molecular complexity index is 564. The van der Waals surface area contributed by atoms with E-state index in [0.29, 0.717) is 15.2 Å². The van der Waals surface area contributed by atoms with Gasteiger partial charge in [0.25, 0.3) is 0 Å². The first-order valence-electron chi connectivity index (χ1n) is 4.61. The molecule has 2 rings (SSSR count). The van der Waals surface area contributed by atoms with Crippen LogP contribution in [0.25, 0.3) is 11.4 Å². The highest BCUT2D eigenvalue weighted by Crippen LogP contribution is 2.24. The first kappa shape index (κ1) is 12.3. The van der Waals surface area contributed by atoms with E-state index in [2.05, 4.69) is 30.9 Å². The highest BCUT2D eigenvalue weighted by atomic mass is 79.9. The van der Waals surface area contributed by atoms with Crippen LogP contribution < -0.4 is 5.73 Å². The van der Waals surface area contributed by atoms with Gasteiger partial charge < -0.3 is 5.73 Å². The van der Waals surface area contributed by atoms with E-state index in [4.69, 9.17) is 5.73 Å². The van der Waals surface area contributed by atoms with Crippen molar-refractivity contribution >= 4 is 33.6 Å². The van der Waals surface area contributed by atoms with E-state index in [9.17, 15) is 4.39 Å². The lowest BCUT2D eigenvalue weighted by atomic mass is 10.2. The van der Waals surface area contributed by atoms with Gasteiger partial charge in [-0.15, -0.1) is 0 Å². The van der Waals surface area contributed by atoms with Crippen LogP contribution >= 0.6 is 27.7 Å². The summed E-state index contributed by atoms with van der Waals surface area (Å²) in [6.07, 6.45) is 1.82. The van der Waals surface area contributed by atoms with Crippen LogP contribution in [0.1, 0.15) is 0 Å². The Balaban J connectivity index is 2.55. The number of halogens is 2. The van der Waals surface area contributed by atoms with E-state index >= 15 is 0 Å². The van der Waals surface area contributed by atoms with Crippen molar-refractivity contribution in [1.82, 2.24) is 15.0 Å². The Kier molecular flexibility index (Phi) is 3.58. The van der Waals surface area contributed by atoms with Crippen molar-refractivity contribution in [3.63, 3.8) is 0 Å². The summed E-state index contributed by atoms with van der Waals surface area (Å²) in [5.41, 5.74) is 5.85. The largest absolute Gasteiger partial charge is 0.368 e. The maximum absolute atomic E-state index is 13.7. The average Bonchev–Trinajstić information content (AvgIpc) is 2.28. The first-order chi connectivity index (χ1) is 8.10. The number of nitrogens with two attached hydrogens (primary N) is 1.